The molecule has 0 aliphatic carbocycles. The van der Waals surface area contributed by atoms with Gasteiger partial charge in [-0.15, -0.1) is 0 Å². The molecule has 0 radical (unpaired) electrons. The van der Waals surface area contributed by atoms with Crippen molar-refractivity contribution in [1.82, 2.24) is 5.43 Å². The van der Waals surface area contributed by atoms with E-state index >= 15 is 0 Å². The van der Waals surface area contributed by atoms with Gasteiger partial charge in [-0.2, -0.15) is 5.10 Å². The van der Waals surface area contributed by atoms with Crippen LogP contribution in [0, 0.1) is 0 Å². The van der Waals surface area contributed by atoms with Gasteiger partial charge in [0.2, 0.25) is 5.91 Å². The fourth-order valence-corrected chi connectivity index (χ4v) is 3.38. The Morgan fingerprint density at radius 1 is 1.10 bits per heavy atom. The molecule has 0 aliphatic rings. The van der Waals surface area contributed by atoms with Gasteiger partial charge in [-0.1, -0.05) is 78.7 Å². The van der Waals surface area contributed by atoms with E-state index in [1.54, 1.807) is 42.5 Å². The minimum absolute atomic E-state index is 0.133. The van der Waals surface area contributed by atoms with E-state index in [2.05, 4.69) is 33.4 Å². The fourth-order valence-electron chi connectivity index (χ4n) is 2.79. The lowest BCUT2D eigenvalue weighted by Crippen LogP contribution is -2.17. The van der Waals surface area contributed by atoms with Crippen LogP contribution in [-0.4, -0.2) is 18.1 Å². The Balaban J connectivity index is 1.92. The Hall–Kier alpha value is -2.18. The molecular weight excluding hydrogens is 468 g/mol. The predicted octanol–water partition coefficient (Wildman–Crippen LogP) is 6.52. The highest BCUT2D eigenvalue weighted by Gasteiger charge is 2.14. The molecule has 0 aliphatic heterocycles. The second-order valence-corrected chi connectivity index (χ2v) is 8.19. The standard InChI is InChI=1S/C23H26BrClN2O3/c1-2-3-4-5-6-7-12-22(28)27-26-16-17-15-18(24)13-14-21(17)30-23(29)19-10-8-9-11-20(19)25/h8-11,13-16H,2-7,12H2,1H3,(H,27,28)/b26-16+. The summed E-state index contributed by atoms with van der Waals surface area (Å²) in [6.45, 7) is 2.18. The largest absolute Gasteiger partial charge is 0.422 e. The zero-order valence-electron chi connectivity index (χ0n) is 17.0. The van der Waals surface area contributed by atoms with Gasteiger partial charge in [-0.25, -0.2) is 10.2 Å². The van der Waals surface area contributed by atoms with Crippen molar-refractivity contribution in [2.75, 3.05) is 0 Å². The van der Waals surface area contributed by atoms with Crippen LogP contribution in [0.3, 0.4) is 0 Å². The van der Waals surface area contributed by atoms with Crippen LogP contribution >= 0.6 is 27.5 Å². The van der Waals surface area contributed by atoms with E-state index < -0.39 is 5.97 Å². The number of ether oxygens (including phenoxy) is 1. The third kappa shape index (κ3) is 8.28. The summed E-state index contributed by atoms with van der Waals surface area (Å²) in [4.78, 5) is 24.4. The number of rotatable bonds is 11. The lowest BCUT2D eigenvalue weighted by atomic mass is 10.1. The molecule has 0 atom stereocenters. The SMILES string of the molecule is CCCCCCCCC(=O)N/N=C/c1cc(Br)ccc1OC(=O)c1ccccc1Cl. The Morgan fingerprint density at radius 3 is 2.60 bits per heavy atom. The molecule has 0 aromatic heterocycles. The second-order valence-electron chi connectivity index (χ2n) is 6.86. The summed E-state index contributed by atoms with van der Waals surface area (Å²) in [6, 6.07) is 11.8. The van der Waals surface area contributed by atoms with Crippen LogP contribution in [0.4, 0.5) is 0 Å². The van der Waals surface area contributed by atoms with Gasteiger partial charge in [0.25, 0.3) is 0 Å². The van der Waals surface area contributed by atoms with Crippen molar-refractivity contribution < 1.29 is 14.3 Å². The van der Waals surface area contributed by atoms with Gasteiger partial charge in [0.1, 0.15) is 5.75 Å². The quantitative estimate of drug-likeness (QED) is 0.127. The number of nitrogens with zero attached hydrogens (tertiary/aromatic N) is 1. The molecule has 5 nitrogen and oxygen atoms in total. The number of carbonyl (C=O) groups is 2. The van der Waals surface area contributed by atoms with E-state index in [9.17, 15) is 9.59 Å². The van der Waals surface area contributed by atoms with E-state index in [-0.39, 0.29) is 11.5 Å². The van der Waals surface area contributed by atoms with Crippen LogP contribution in [0.1, 0.15) is 67.8 Å². The summed E-state index contributed by atoms with van der Waals surface area (Å²) in [7, 11) is 0. The van der Waals surface area contributed by atoms with Gasteiger partial charge in [0.15, 0.2) is 0 Å². The van der Waals surface area contributed by atoms with Gasteiger partial charge >= 0.3 is 5.97 Å². The fraction of sp³-hybridized carbons (Fsp3) is 0.348. The molecule has 2 aromatic rings. The van der Waals surface area contributed by atoms with Gasteiger partial charge in [0.05, 0.1) is 16.8 Å². The van der Waals surface area contributed by atoms with E-state index in [1.165, 1.54) is 25.5 Å². The van der Waals surface area contributed by atoms with Gasteiger partial charge < -0.3 is 4.74 Å². The van der Waals surface area contributed by atoms with E-state index in [4.69, 9.17) is 16.3 Å². The molecule has 7 heteroatoms. The number of nitrogens with one attached hydrogen (secondary N) is 1. The summed E-state index contributed by atoms with van der Waals surface area (Å²) in [5, 5.41) is 4.32. The van der Waals surface area contributed by atoms with Crippen LogP contribution in [0.2, 0.25) is 5.02 Å². The summed E-state index contributed by atoms with van der Waals surface area (Å²) in [6.07, 6.45) is 8.62. The van der Waals surface area contributed by atoms with Crippen LogP contribution in [0.5, 0.6) is 5.75 Å². The summed E-state index contributed by atoms with van der Waals surface area (Å²) < 4.78 is 6.28. The Labute approximate surface area is 191 Å². The van der Waals surface area contributed by atoms with Crippen molar-refractivity contribution in [3.05, 3.63) is 63.1 Å². The molecule has 0 saturated heterocycles. The normalized spacial score (nSPS) is 10.9. The number of unbranched alkanes of at least 4 members (excludes halogenated alkanes) is 5. The smallest absolute Gasteiger partial charge is 0.345 e. The molecule has 0 saturated carbocycles. The molecule has 30 heavy (non-hydrogen) atoms. The van der Waals surface area contributed by atoms with Crippen LogP contribution in [-0.2, 0) is 4.79 Å². The summed E-state index contributed by atoms with van der Waals surface area (Å²) >= 11 is 9.45. The minimum Gasteiger partial charge on any atom is -0.422 e. The van der Waals surface area contributed by atoms with Gasteiger partial charge in [-0.05, 0) is 36.8 Å². The van der Waals surface area contributed by atoms with Crippen molar-refractivity contribution in [3.8, 4) is 5.75 Å². The average molecular weight is 494 g/mol. The molecule has 1 N–H and O–H groups in total. The highest BCUT2D eigenvalue weighted by atomic mass is 79.9. The van der Waals surface area contributed by atoms with Crippen molar-refractivity contribution in [2.45, 2.75) is 51.9 Å². The molecular formula is C23H26BrClN2O3. The van der Waals surface area contributed by atoms with Gasteiger partial charge in [0, 0.05) is 16.5 Å². The molecule has 0 spiro atoms. The van der Waals surface area contributed by atoms with Crippen LogP contribution in [0.15, 0.2) is 52.0 Å². The zero-order chi connectivity index (χ0) is 21.8. The van der Waals surface area contributed by atoms with Crippen LogP contribution in [0.25, 0.3) is 0 Å². The molecule has 1 amide bonds. The zero-order valence-corrected chi connectivity index (χ0v) is 19.3. The maximum absolute atomic E-state index is 12.4. The van der Waals surface area contributed by atoms with E-state index in [0.717, 1.165) is 23.7 Å². The van der Waals surface area contributed by atoms with Crippen molar-refractivity contribution in [2.24, 2.45) is 5.10 Å². The van der Waals surface area contributed by atoms with Crippen molar-refractivity contribution in [1.29, 1.82) is 0 Å². The lowest BCUT2D eigenvalue weighted by molar-refractivity contribution is -0.121. The number of esters is 1. The first-order valence-electron chi connectivity index (χ1n) is 10.1. The topological polar surface area (TPSA) is 67.8 Å². The Bertz CT molecular complexity index is 887. The minimum atomic E-state index is -0.565. The number of amides is 1. The second kappa shape index (κ2) is 13.2. The first kappa shape index (κ1) is 24.1. The average Bonchev–Trinajstić information content (AvgIpc) is 2.72. The molecule has 2 rings (SSSR count). The molecule has 2 aromatic carbocycles. The lowest BCUT2D eigenvalue weighted by Gasteiger charge is -2.09. The van der Waals surface area contributed by atoms with Crippen molar-refractivity contribution >= 4 is 45.6 Å². The predicted molar refractivity (Wildman–Crippen MR) is 124 cm³/mol. The van der Waals surface area contributed by atoms with Crippen molar-refractivity contribution in [3.63, 3.8) is 0 Å². The number of halogens is 2. The Morgan fingerprint density at radius 2 is 1.83 bits per heavy atom. The molecule has 0 heterocycles. The molecule has 0 bridgehead atoms. The molecule has 160 valence electrons. The van der Waals surface area contributed by atoms with E-state index in [0.29, 0.717) is 22.8 Å². The number of carbonyl (C=O) groups excluding carboxylic acids is 2. The van der Waals surface area contributed by atoms with Gasteiger partial charge in [-0.3, -0.25) is 4.79 Å². The number of hydrogen-bond donors (Lipinski definition) is 1. The first-order valence-corrected chi connectivity index (χ1v) is 11.3. The third-order valence-electron chi connectivity index (χ3n) is 4.42. The maximum atomic E-state index is 12.4. The monoisotopic (exact) mass is 492 g/mol. The number of hydrogen-bond acceptors (Lipinski definition) is 4. The van der Waals surface area contributed by atoms with Crippen LogP contribution < -0.4 is 10.2 Å². The summed E-state index contributed by atoms with van der Waals surface area (Å²) in [5.74, 6) is -0.381. The molecule has 0 unspecified atom stereocenters. The third-order valence-corrected chi connectivity index (χ3v) is 5.24. The maximum Gasteiger partial charge on any atom is 0.345 e. The highest BCUT2D eigenvalue weighted by molar-refractivity contribution is 9.10. The molecule has 0 fully saturated rings. The first-order chi connectivity index (χ1) is 14.5. The number of benzene rings is 2. The van der Waals surface area contributed by atoms with E-state index in [1.807, 2.05) is 0 Å². The number of hydrazone groups is 1. The highest BCUT2D eigenvalue weighted by Crippen LogP contribution is 2.24. The Kier molecular flexibility index (Phi) is 10.6. The summed E-state index contributed by atoms with van der Waals surface area (Å²) in [5.41, 5.74) is 3.35.